The molecule has 3 aromatic rings. The molecule has 1 N–H and O–H groups in total. The Balaban J connectivity index is 1.49. The van der Waals surface area contributed by atoms with Crippen LogP contribution in [0.25, 0.3) is 11.3 Å². The quantitative estimate of drug-likeness (QED) is 0.544. The van der Waals surface area contributed by atoms with E-state index in [0.717, 1.165) is 16.8 Å². The molecule has 1 atom stereocenters. The van der Waals surface area contributed by atoms with Crippen LogP contribution in [0.4, 0.5) is 0 Å². The molecule has 0 bridgehead atoms. The highest BCUT2D eigenvalue weighted by atomic mass is 16.5. The van der Waals surface area contributed by atoms with Crippen LogP contribution in [0, 0.1) is 12.8 Å². The van der Waals surface area contributed by atoms with Gasteiger partial charge in [-0.15, -0.1) is 0 Å². The molecule has 2 aromatic heterocycles. The minimum absolute atomic E-state index is 0.0271. The number of aromatic nitrogens is 2. The largest absolute Gasteiger partial charge is 0.457 e. The van der Waals surface area contributed by atoms with Crippen LogP contribution < -0.4 is 10.1 Å². The van der Waals surface area contributed by atoms with Gasteiger partial charge in [-0.05, 0) is 56.9 Å². The van der Waals surface area contributed by atoms with Crippen LogP contribution >= 0.6 is 0 Å². The molecule has 162 valence electrons. The fraction of sp³-hybridized carbons (Fsp3) is 0.385. The number of carbonyl (C=O) groups is 1. The number of ether oxygens (including phenoxy) is 1. The average Bonchev–Trinajstić information content (AvgIpc) is 3.22. The van der Waals surface area contributed by atoms with Crippen LogP contribution in [0.1, 0.15) is 54.9 Å². The maximum Gasteiger partial charge on any atom is 0.251 e. The highest BCUT2D eigenvalue weighted by molar-refractivity contribution is 5.96. The normalized spacial score (nSPS) is 15.5. The van der Waals surface area contributed by atoms with Crippen LogP contribution in [-0.2, 0) is 7.05 Å². The van der Waals surface area contributed by atoms with E-state index in [4.69, 9.17) is 4.74 Å². The van der Waals surface area contributed by atoms with Crippen molar-refractivity contribution in [1.82, 2.24) is 14.9 Å². The molecule has 0 saturated heterocycles. The molecule has 1 aliphatic rings. The molecular weight excluding hydrogens is 386 g/mol. The number of amides is 1. The van der Waals surface area contributed by atoms with Crippen LogP contribution in [0.15, 0.2) is 55.0 Å². The van der Waals surface area contributed by atoms with E-state index in [9.17, 15) is 4.79 Å². The van der Waals surface area contributed by atoms with Crippen LogP contribution in [0.5, 0.6) is 11.5 Å². The Morgan fingerprint density at radius 1 is 1.19 bits per heavy atom. The van der Waals surface area contributed by atoms with Gasteiger partial charge >= 0.3 is 0 Å². The van der Waals surface area contributed by atoms with Gasteiger partial charge in [-0.1, -0.05) is 25.3 Å². The summed E-state index contributed by atoms with van der Waals surface area (Å²) in [6.07, 6.45) is 12.0. The molecule has 5 nitrogen and oxygen atoms in total. The predicted octanol–water partition coefficient (Wildman–Crippen LogP) is 5.89. The molecule has 5 heteroatoms. The van der Waals surface area contributed by atoms with Gasteiger partial charge in [-0.2, -0.15) is 0 Å². The van der Waals surface area contributed by atoms with E-state index >= 15 is 0 Å². The van der Waals surface area contributed by atoms with E-state index in [-0.39, 0.29) is 11.9 Å². The molecule has 1 fully saturated rings. The number of hydrogen-bond donors (Lipinski definition) is 1. The summed E-state index contributed by atoms with van der Waals surface area (Å²) in [7, 11) is 1.99. The lowest BCUT2D eigenvalue weighted by molar-refractivity contribution is 0.0918. The molecule has 4 rings (SSSR count). The maximum absolute atomic E-state index is 13.0. The summed E-state index contributed by atoms with van der Waals surface area (Å²) in [6.45, 7) is 4.07. The van der Waals surface area contributed by atoms with Crippen molar-refractivity contribution in [1.29, 1.82) is 0 Å². The van der Waals surface area contributed by atoms with E-state index in [0.29, 0.717) is 23.0 Å². The Morgan fingerprint density at radius 3 is 2.74 bits per heavy atom. The Morgan fingerprint density at radius 2 is 2.00 bits per heavy atom. The van der Waals surface area contributed by atoms with E-state index in [2.05, 4.69) is 17.2 Å². The van der Waals surface area contributed by atoms with Gasteiger partial charge in [0.05, 0.1) is 5.69 Å². The summed E-state index contributed by atoms with van der Waals surface area (Å²) in [5, 5.41) is 3.22. The van der Waals surface area contributed by atoms with Crippen LogP contribution in [0.2, 0.25) is 0 Å². The van der Waals surface area contributed by atoms with E-state index in [1.165, 1.54) is 32.1 Å². The maximum atomic E-state index is 13.0. The molecule has 0 aliphatic heterocycles. The monoisotopic (exact) mass is 417 g/mol. The fourth-order valence-electron chi connectivity index (χ4n) is 4.42. The summed E-state index contributed by atoms with van der Waals surface area (Å²) in [5.41, 5.74) is 3.40. The smallest absolute Gasteiger partial charge is 0.251 e. The van der Waals surface area contributed by atoms with Gasteiger partial charge in [0.1, 0.15) is 11.5 Å². The van der Waals surface area contributed by atoms with Crippen molar-refractivity contribution in [2.45, 2.75) is 52.0 Å². The summed E-state index contributed by atoms with van der Waals surface area (Å²) in [5.74, 6) is 1.93. The molecule has 31 heavy (non-hydrogen) atoms. The SMILES string of the molecule is Cc1c(Oc2ccnc(-c3ccn(C)c3)c2)cccc1C(=O)N[C@H](C)C1CCCCC1. The van der Waals surface area contributed by atoms with Gasteiger partial charge in [0, 0.05) is 54.4 Å². The van der Waals surface area contributed by atoms with Gasteiger partial charge in [0.2, 0.25) is 0 Å². The second-order valence-electron chi connectivity index (χ2n) is 8.63. The van der Waals surface area contributed by atoms with Crippen molar-refractivity contribution in [2.24, 2.45) is 13.0 Å². The third-order valence-corrected chi connectivity index (χ3v) is 6.33. The standard InChI is InChI=1S/C26H31N3O2/c1-18-23(26(30)28-19(2)20-8-5-4-6-9-20)10-7-11-25(18)31-22-12-14-27-24(16-22)21-13-15-29(3)17-21/h7,10-17,19-20H,4-6,8-9H2,1-3H3,(H,28,30)/t19-/m1/s1. The summed E-state index contributed by atoms with van der Waals surface area (Å²) >= 11 is 0. The van der Waals surface area contributed by atoms with E-state index in [1.54, 1.807) is 6.20 Å². The number of aryl methyl sites for hydroxylation is 1. The molecule has 0 spiro atoms. The highest BCUT2D eigenvalue weighted by Crippen LogP contribution is 2.30. The number of nitrogens with zero attached hydrogens (tertiary/aromatic N) is 2. The number of nitrogens with one attached hydrogen (secondary N) is 1. The van der Waals surface area contributed by atoms with Crippen molar-refractivity contribution in [3.63, 3.8) is 0 Å². The number of rotatable bonds is 6. The summed E-state index contributed by atoms with van der Waals surface area (Å²) in [6, 6.07) is 11.6. The van der Waals surface area contributed by atoms with Gasteiger partial charge in [0.15, 0.2) is 0 Å². The Hall–Kier alpha value is -3.08. The molecular formula is C26H31N3O2. The first-order valence-corrected chi connectivity index (χ1v) is 11.2. The first-order valence-electron chi connectivity index (χ1n) is 11.2. The lowest BCUT2D eigenvalue weighted by Crippen LogP contribution is -2.39. The average molecular weight is 418 g/mol. The molecule has 2 heterocycles. The second-order valence-corrected chi connectivity index (χ2v) is 8.63. The van der Waals surface area contributed by atoms with Crippen molar-refractivity contribution < 1.29 is 9.53 Å². The predicted molar refractivity (Wildman–Crippen MR) is 123 cm³/mol. The third-order valence-electron chi connectivity index (χ3n) is 6.33. The van der Waals surface area contributed by atoms with Crippen molar-refractivity contribution >= 4 is 5.91 Å². The first-order chi connectivity index (χ1) is 15.0. The molecule has 1 saturated carbocycles. The topological polar surface area (TPSA) is 56.2 Å². The molecule has 0 unspecified atom stereocenters. The zero-order chi connectivity index (χ0) is 21.8. The number of pyridine rings is 1. The molecule has 1 aromatic carbocycles. The van der Waals surface area contributed by atoms with Gasteiger partial charge in [0.25, 0.3) is 5.91 Å². The Labute approximate surface area is 184 Å². The molecule has 1 amide bonds. The minimum Gasteiger partial charge on any atom is -0.457 e. The molecule has 0 radical (unpaired) electrons. The zero-order valence-electron chi connectivity index (χ0n) is 18.6. The van der Waals surface area contributed by atoms with Gasteiger partial charge in [-0.3, -0.25) is 9.78 Å². The Kier molecular flexibility index (Phi) is 6.40. The minimum atomic E-state index is -0.0271. The van der Waals surface area contributed by atoms with E-state index in [1.807, 2.05) is 67.3 Å². The number of carbonyl (C=O) groups excluding carboxylic acids is 1. The fourth-order valence-corrected chi connectivity index (χ4v) is 4.42. The summed E-state index contributed by atoms with van der Waals surface area (Å²) in [4.78, 5) is 17.4. The zero-order valence-corrected chi connectivity index (χ0v) is 18.6. The third kappa shape index (κ3) is 4.98. The Bertz CT molecular complexity index is 1050. The second kappa shape index (κ2) is 9.38. The van der Waals surface area contributed by atoms with Crippen molar-refractivity contribution in [3.8, 4) is 22.8 Å². The lowest BCUT2D eigenvalue weighted by atomic mass is 9.84. The molecule has 1 aliphatic carbocycles. The van der Waals surface area contributed by atoms with Crippen molar-refractivity contribution in [2.75, 3.05) is 0 Å². The van der Waals surface area contributed by atoms with Crippen LogP contribution in [0.3, 0.4) is 0 Å². The number of benzene rings is 1. The van der Waals surface area contributed by atoms with Crippen LogP contribution in [-0.4, -0.2) is 21.5 Å². The summed E-state index contributed by atoms with van der Waals surface area (Å²) < 4.78 is 8.15. The highest BCUT2D eigenvalue weighted by Gasteiger charge is 2.23. The van der Waals surface area contributed by atoms with E-state index < -0.39 is 0 Å². The lowest BCUT2D eigenvalue weighted by Gasteiger charge is -2.28. The van der Waals surface area contributed by atoms with Gasteiger partial charge in [-0.25, -0.2) is 0 Å². The van der Waals surface area contributed by atoms with Gasteiger partial charge < -0.3 is 14.6 Å². The first kappa shape index (κ1) is 21.2. The van der Waals surface area contributed by atoms with Crippen molar-refractivity contribution in [3.05, 3.63) is 66.1 Å². The number of hydrogen-bond acceptors (Lipinski definition) is 3.